The Bertz CT molecular complexity index is 305. The third-order valence-corrected chi connectivity index (χ3v) is 2.06. The Labute approximate surface area is 110 Å². The molecule has 0 saturated heterocycles. The number of nitrogens with one attached hydrogen (secondary N) is 1. The molecule has 18 heavy (non-hydrogen) atoms. The van der Waals surface area contributed by atoms with Crippen LogP contribution >= 0.6 is 0 Å². The Kier molecular flexibility index (Phi) is 11.3. The number of carbonyl (C=O) groups is 1. The molecule has 4 heteroatoms. The number of aliphatic hydroxyl groups excluding tert-OH is 1. The van der Waals surface area contributed by atoms with E-state index in [1.807, 2.05) is 20.8 Å². The zero-order valence-electron chi connectivity index (χ0n) is 11.9. The second-order valence-electron chi connectivity index (χ2n) is 4.36. The lowest BCUT2D eigenvalue weighted by molar-refractivity contribution is -0.117. The van der Waals surface area contributed by atoms with Gasteiger partial charge in [0.15, 0.2) is 0 Å². The molecule has 0 aliphatic carbocycles. The zero-order chi connectivity index (χ0) is 14.6. The minimum absolute atomic E-state index is 0.0391. The number of rotatable bonds is 6. The van der Waals surface area contributed by atoms with Gasteiger partial charge in [0, 0.05) is 24.1 Å². The highest BCUT2D eigenvalue weighted by molar-refractivity contribution is 5.96. The maximum Gasteiger partial charge on any atom is 0.251 e. The lowest BCUT2D eigenvalue weighted by atomic mass is 9.95. The molecule has 0 aromatic heterocycles. The number of hydrogen-bond donors (Lipinski definition) is 3. The molecule has 0 rings (SSSR count). The van der Waals surface area contributed by atoms with Crippen molar-refractivity contribution >= 4 is 5.91 Å². The summed E-state index contributed by atoms with van der Waals surface area (Å²) >= 11 is 0. The smallest absolute Gasteiger partial charge is 0.251 e. The fourth-order valence-electron chi connectivity index (χ4n) is 0.991. The van der Waals surface area contributed by atoms with Crippen molar-refractivity contribution in [3.63, 3.8) is 0 Å². The van der Waals surface area contributed by atoms with Crippen molar-refractivity contribution in [1.82, 2.24) is 5.32 Å². The maximum absolute atomic E-state index is 11.7. The van der Waals surface area contributed by atoms with Crippen molar-refractivity contribution in [1.29, 1.82) is 0 Å². The topological polar surface area (TPSA) is 75.3 Å². The van der Waals surface area contributed by atoms with Crippen molar-refractivity contribution in [3.8, 4) is 0 Å². The Hall–Kier alpha value is -1.39. The minimum Gasteiger partial charge on any atom is -0.396 e. The Morgan fingerprint density at radius 3 is 2.39 bits per heavy atom. The summed E-state index contributed by atoms with van der Waals surface area (Å²) in [5.41, 5.74) is 4.76. The van der Waals surface area contributed by atoms with Gasteiger partial charge in [-0.2, -0.15) is 0 Å². The molecular weight excluding hydrogens is 228 g/mol. The van der Waals surface area contributed by atoms with Gasteiger partial charge in [0.05, 0.1) is 0 Å². The van der Waals surface area contributed by atoms with Gasteiger partial charge in [-0.25, -0.2) is 0 Å². The molecule has 0 aromatic carbocycles. The van der Waals surface area contributed by atoms with Gasteiger partial charge in [-0.1, -0.05) is 44.7 Å². The molecule has 0 aromatic rings. The van der Waals surface area contributed by atoms with E-state index in [-0.39, 0.29) is 17.9 Å². The van der Waals surface area contributed by atoms with Crippen LogP contribution in [0.4, 0.5) is 0 Å². The summed E-state index contributed by atoms with van der Waals surface area (Å²) in [7, 11) is 1.50. The third kappa shape index (κ3) is 8.73. The molecular formula is C14H26N2O2. The highest BCUT2D eigenvalue weighted by Crippen LogP contribution is 2.11. The first-order valence-electron chi connectivity index (χ1n) is 5.89. The number of nitrogens with two attached hydrogens (primary N) is 1. The van der Waals surface area contributed by atoms with Gasteiger partial charge >= 0.3 is 0 Å². The van der Waals surface area contributed by atoms with E-state index in [1.54, 1.807) is 24.3 Å². The molecule has 0 heterocycles. The number of hydrogen-bond acceptors (Lipinski definition) is 3. The van der Waals surface area contributed by atoms with Crippen molar-refractivity contribution in [2.45, 2.75) is 20.8 Å². The van der Waals surface area contributed by atoms with E-state index in [0.717, 1.165) is 0 Å². The van der Waals surface area contributed by atoms with Crippen LogP contribution in [0.5, 0.6) is 0 Å². The van der Waals surface area contributed by atoms with Crippen LogP contribution in [0.15, 0.2) is 36.5 Å². The molecule has 4 nitrogen and oxygen atoms in total. The summed E-state index contributed by atoms with van der Waals surface area (Å²) in [4.78, 5) is 11.7. The minimum atomic E-state index is -0.301. The van der Waals surface area contributed by atoms with Gasteiger partial charge < -0.3 is 16.2 Å². The second kappa shape index (κ2) is 10.7. The molecule has 104 valence electrons. The van der Waals surface area contributed by atoms with Crippen LogP contribution in [0.25, 0.3) is 0 Å². The molecule has 0 saturated carbocycles. The third-order valence-electron chi connectivity index (χ3n) is 2.06. The van der Waals surface area contributed by atoms with Gasteiger partial charge in [0.25, 0.3) is 5.91 Å². The Balaban J connectivity index is 0. The fourth-order valence-corrected chi connectivity index (χ4v) is 0.991. The van der Waals surface area contributed by atoms with Crippen molar-refractivity contribution in [2.75, 3.05) is 20.2 Å². The average Bonchev–Trinajstić information content (AvgIpc) is 2.38. The molecule has 0 spiro atoms. The number of carbonyl (C=O) groups excluding carboxylic acids is 1. The number of aliphatic hydroxyl groups is 1. The summed E-state index contributed by atoms with van der Waals surface area (Å²) in [5.74, 6) is -0.153. The summed E-state index contributed by atoms with van der Waals surface area (Å²) in [6.07, 6.45) is 6.75. The van der Waals surface area contributed by atoms with Crippen LogP contribution in [0.2, 0.25) is 0 Å². The predicted molar refractivity (Wildman–Crippen MR) is 77.1 cm³/mol. The van der Waals surface area contributed by atoms with Crippen LogP contribution in [0.1, 0.15) is 20.8 Å². The molecule has 0 unspecified atom stereocenters. The summed E-state index contributed by atoms with van der Waals surface area (Å²) < 4.78 is 0. The standard InChI is InChI=1S/C13H21NO2.CH5N/c1-5-7-11(8-6-2)12(16)14-9-13(3,4)10-15;1-2/h5-8,15H,1,9-10H2,2-4H3,(H,14,16);2H2,1H3/b8-6-,11-7+;. The van der Waals surface area contributed by atoms with Crippen LogP contribution in [-0.2, 0) is 4.79 Å². The van der Waals surface area contributed by atoms with Gasteiger partial charge in [0.1, 0.15) is 0 Å². The normalized spacial score (nSPS) is 11.8. The first-order chi connectivity index (χ1) is 8.46. The molecule has 0 aliphatic rings. The van der Waals surface area contributed by atoms with E-state index in [4.69, 9.17) is 5.11 Å². The lowest BCUT2D eigenvalue weighted by Crippen LogP contribution is -2.36. The van der Waals surface area contributed by atoms with E-state index < -0.39 is 0 Å². The molecule has 0 radical (unpaired) electrons. The predicted octanol–water partition coefficient (Wildman–Crippen LogP) is 1.38. The lowest BCUT2D eigenvalue weighted by Gasteiger charge is -2.21. The molecule has 4 N–H and O–H groups in total. The van der Waals surface area contributed by atoms with E-state index in [1.165, 1.54) is 7.05 Å². The Morgan fingerprint density at radius 2 is 2.00 bits per heavy atom. The van der Waals surface area contributed by atoms with Crippen molar-refractivity contribution in [3.05, 3.63) is 36.5 Å². The highest BCUT2D eigenvalue weighted by Gasteiger charge is 2.17. The van der Waals surface area contributed by atoms with E-state index in [9.17, 15) is 4.79 Å². The molecule has 0 atom stereocenters. The summed E-state index contributed by atoms with van der Waals surface area (Å²) in [5, 5.41) is 11.8. The van der Waals surface area contributed by atoms with Crippen LogP contribution in [0, 0.1) is 5.41 Å². The Morgan fingerprint density at radius 1 is 1.44 bits per heavy atom. The van der Waals surface area contributed by atoms with Gasteiger partial charge in [-0.3, -0.25) is 4.79 Å². The van der Waals surface area contributed by atoms with E-state index in [0.29, 0.717) is 12.1 Å². The molecule has 1 amide bonds. The van der Waals surface area contributed by atoms with Crippen LogP contribution in [0.3, 0.4) is 0 Å². The quantitative estimate of drug-likeness (QED) is 0.495. The summed E-state index contributed by atoms with van der Waals surface area (Å²) in [6.45, 7) is 9.66. The first kappa shape index (κ1) is 19.0. The highest BCUT2D eigenvalue weighted by atomic mass is 16.3. The number of allylic oxidation sites excluding steroid dienone is 3. The van der Waals surface area contributed by atoms with Crippen molar-refractivity contribution in [2.24, 2.45) is 11.1 Å². The van der Waals surface area contributed by atoms with Crippen LogP contribution in [-0.4, -0.2) is 31.2 Å². The van der Waals surface area contributed by atoms with Gasteiger partial charge in [0.2, 0.25) is 0 Å². The van der Waals surface area contributed by atoms with E-state index >= 15 is 0 Å². The fraction of sp³-hybridized carbons (Fsp3) is 0.500. The van der Waals surface area contributed by atoms with Crippen molar-refractivity contribution < 1.29 is 9.90 Å². The maximum atomic E-state index is 11.7. The summed E-state index contributed by atoms with van der Waals surface area (Å²) in [6, 6.07) is 0. The number of amides is 1. The molecule has 0 fully saturated rings. The van der Waals surface area contributed by atoms with Crippen LogP contribution < -0.4 is 11.1 Å². The molecule has 0 aliphatic heterocycles. The average molecular weight is 254 g/mol. The van der Waals surface area contributed by atoms with Gasteiger partial charge in [-0.05, 0) is 14.0 Å². The second-order valence-corrected chi connectivity index (χ2v) is 4.36. The zero-order valence-corrected chi connectivity index (χ0v) is 11.9. The monoisotopic (exact) mass is 254 g/mol. The molecule has 0 bridgehead atoms. The van der Waals surface area contributed by atoms with E-state index in [2.05, 4.69) is 17.6 Å². The first-order valence-corrected chi connectivity index (χ1v) is 5.89. The largest absolute Gasteiger partial charge is 0.396 e. The SMILES string of the molecule is C=C/C=C(\C=C/C)C(=O)NCC(C)(C)CO.CN. The van der Waals surface area contributed by atoms with Gasteiger partial charge in [-0.15, -0.1) is 0 Å².